The molecule has 0 amide bonds. The van der Waals surface area contributed by atoms with Crippen LogP contribution in [0.5, 0.6) is 0 Å². The van der Waals surface area contributed by atoms with Gasteiger partial charge in [0.2, 0.25) is 0 Å². The van der Waals surface area contributed by atoms with Crippen molar-refractivity contribution in [3.63, 3.8) is 0 Å². The van der Waals surface area contributed by atoms with Crippen molar-refractivity contribution in [1.82, 2.24) is 0 Å². The fourth-order valence-electron chi connectivity index (χ4n) is 2.32. The minimum Gasteiger partial charge on any atom is -0.392 e. The van der Waals surface area contributed by atoms with Crippen LogP contribution in [0.3, 0.4) is 0 Å². The van der Waals surface area contributed by atoms with E-state index in [0.29, 0.717) is 0 Å². The minimum absolute atomic E-state index is 0.157. The van der Waals surface area contributed by atoms with E-state index in [-0.39, 0.29) is 6.10 Å². The number of benzene rings is 1. The average Bonchev–Trinajstić information content (AvgIpc) is 2.45. The van der Waals surface area contributed by atoms with Crippen LogP contribution in [-0.2, 0) is 0 Å². The van der Waals surface area contributed by atoms with Gasteiger partial charge in [0.25, 0.3) is 0 Å². The molecule has 1 aromatic rings. The van der Waals surface area contributed by atoms with Crippen LogP contribution < -0.4 is 0 Å². The Bertz CT molecular complexity index is 351. The highest BCUT2D eigenvalue weighted by atomic mass is 32.2. The minimum atomic E-state index is -0.157. The number of aryl methyl sites for hydroxylation is 1. The number of hydrogen-bond donors (Lipinski definition) is 1. The maximum absolute atomic E-state index is 10.0. The van der Waals surface area contributed by atoms with Gasteiger partial charge in [0.05, 0.1) is 6.10 Å². The molecule has 114 valence electrons. The maximum Gasteiger partial charge on any atom is 0.0634 e. The Morgan fingerprint density at radius 2 is 1.65 bits per heavy atom. The van der Waals surface area contributed by atoms with Crippen molar-refractivity contribution in [2.24, 2.45) is 0 Å². The van der Waals surface area contributed by atoms with Gasteiger partial charge >= 0.3 is 0 Å². The van der Waals surface area contributed by atoms with Gasteiger partial charge in [-0.3, -0.25) is 0 Å². The Kier molecular flexibility index (Phi) is 9.86. The second kappa shape index (κ2) is 11.2. The van der Waals surface area contributed by atoms with Crippen molar-refractivity contribution in [3.8, 4) is 0 Å². The molecule has 1 rings (SSSR count). The lowest BCUT2D eigenvalue weighted by Gasteiger charge is -2.11. The molecule has 0 aliphatic carbocycles. The molecular weight excluding hydrogens is 264 g/mol. The first-order valence-corrected chi connectivity index (χ1v) is 9.09. The third-order valence-corrected chi connectivity index (χ3v) is 4.99. The van der Waals surface area contributed by atoms with Crippen LogP contribution in [0.15, 0.2) is 29.2 Å². The van der Waals surface area contributed by atoms with E-state index in [2.05, 4.69) is 38.1 Å². The lowest BCUT2D eigenvalue weighted by molar-refractivity contribution is 0.185. The lowest BCUT2D eigenvalue weighted by Crippen LogP contribution is -2.09. The molecule has 1 aromatic carbocycles. The summed E-state index contributed by atoms with van der Waals surface area (Å²) in [4.78, 5) is 1.30. The van der Waals surface area contributed by atoms with E-state index in [1.165, 1.54) is 55.4 Å². The molecule has 0 aliphatic heterocycles. The highest BCUT2D eigenvalue weighted by molar-refractivity contribution is 7.99. The van der Waals surface area contributed by atoms with Gasteiger partial charge in [0, 0.05) is 10.6 Å². The second-order valence-electron chi connectivity index (χ2n) is 5.64. The third-order valence-electron chi connectivity index (χ3n) is 3.67. The summed E-state index contributed by atoms with van der Waals surface area (Å²) in [7, 11) is 0. The van der Waals surface area contributed by atoms with Crippen molar-refractivity contribution in [2.45, 2.75) is 76.2 Å². The molecule has 1 unspecified atom stereocenters. The summed E-state index contributed by atoms with van der Waals surface area (Å²) >= 11 is 1.78. The van der Waals surface area contributed by atoms with Crippen LogP contribution in [0.2, 0.25) is 0 Å². The van der Waals surface area contributed by atoms with Crippen LogP contribution in [0, 0.1) is 6.92 Å². The Hall–Kier alpha value is -0.470. The number of thioether (sulfide) groups is 1. The van der Waals surface area contributed by atoms with E-state index in [0.717, 1.165) is 12.2 Å². The zero-order valence-corrected chi connectivity index (χ0v) is 13.9. The lowest BCUT2D eigenvalue weighted by atomic mass is 10.1. The SMILES string of the molecule is CCCCCCCCCC(O)CSc1ccccc1C. The molecule has 0 heterocycles. The fraction of sp³-hybridized carbons (Fsp3) is 0.667. The van der Waals surface area contributed by atoms with Crippen LogP contribution >= 0.6 is 11.8 Å². The summed E-state index contributed by atoms with van der Waals surface area (Å²) in [5.41, 5.74) is 1.31. The summed E-state index contributed by atoms with van der Waals surface area (Å²) < 4.78 is 0. The van der Waals surface area contributed by atoms with Gasteiger partial charge in [-0.2, -0.15) is 0 Å². The topological polar surface area (TPSA) is 20.2 Å². The Morgan fingerprint density at radius 1 is 1.00 bits per heavy atom. The molecule has 2 heteroatoms. The van der Waals surface area contributed by atoms with Gasteiger partial charge in [-0.15, -0.1) is 11.8 Å². The standard InChI is InChI=1S/C18H30OS/c1-3-4-5-6-7-8-9-13-17(19)15-20-18-14-11-10-12-16(18)2/h10-12,14,17,19H,3-9,13,15H2,1-2H3. The largest absolute Gasteiger partial charge is 0.392 e. The zero-order valence-electron chi connectivity index (χ0n) is 13.1. The van der Waals surface area contributed by atoms with E-state index in [9.17, 15) is 5.11 Å². The van der Waals surface area contributed by atoms with Crippen molar-refractivity contribution in [1.29, 1.82) is 0 Å². The normalized spacial score (nSPS) is 12.6. The van der Waals surface area contributed by atoms with Gasteiger partial charge in [-0.25, -0.2) is 0 Å². The molecule has 1 nitrogen and oxygen atoms in total. The molecule has 0 saturated carbocycles. The average molecular weight is 295 g/mol. The van der Waals surface area contributed by atoms with Crippen molar-refractivity contribution < 1.29 is 5.11 Å². The highest BCUT2D eigenvalue weighted by Gasteiger charge is 2.06. The fourth-order valence-corrected chi connectivity index (χ4v) is 3.33. The van der Waals surface area contributed by atoms with E-state index in [1.54, 1.807) is 11.8 Å². The summed E-state index contributed by atoms with van der Waals surface area (Å²) in [5.74, 6) is 0.820. The van der Waals surface area contributed by atoms with Gasteiger partial charge < -0.3 is 5.11 Å². The first-order chi connectivity index (χ1) is 9.74. The molecule has 1 N–H and O–H groups in total. The van der Waals surface area contributed by atoms with E-state index >= 15 is 0 Å². The second-order valence-corrected chi connectivity index (χ2v) is 6.70. The number of hydrogen-bond acceptors (Lipinski definition) is 2. The smallest absolute Gasteiger partial charge is 0.0634 e. The van der Waals surface area contributed by atoms with Crippen LogP contribution in [0.1, 0.15) is 63.9 Å². The number of aliphatic hydroxyl groups excluding tert-OH is 1. The van der Waals surface area contributed by atoms with Gasteiger partial charge in [-0.1, -0.05) is 70.1 Å². The molecule has 1 atom stereocenters. The van der Waals surface area contributed by atoms with Crippen molar-refractivity contribution in [3.05, 3.63) is 29.8 Å². The van der Waals surface area contributed by atoms with E-state index in [1.807, 2.05) is 0 Å². The molecule has 0 spiro atoms. The predicted molar refractivity (Wildman–Crippen MR) is 90.5 cm³/mol. The van der Waals surface area contributed by atoms with Gasteiger partial charge in [0.1, 0.15) is 0 Å². The zero-order chi connectivity index (χ0) is 14.6. The van der Waals surface area contributed by atoms with Crippen LogP contribution in [0.25, 0.3) is 0 Å². The van der Waals surface area contributed by atoms with Crippen molar-refractivity contribution >= 4 is 11.8 Å². The Labute approximate surface area is 129 Å². The van der Waals surface area contributed by atoms with E-state index in [4.69, 9.17) is 0 Å². The molecule has 0 bridgehead atoms. The van der Waals surface area contributed by atoms with E-state index < -0.39 is 0 Å². The molecule has 0 radical (unpaired) electrons. The third kappa shape index (κ3) is 7.96. The summed E-state index contributed by atoms with van der Waals surface area (Å²) in [6, 6.07) is 8.40. The highest BCUT2D eigenvalue weighted by Crippen LogP contribution is 2.23. The Morgan fingerprint density at radius 3 is 2.35 bits per heavy atom. The molecule has 0 fully saturated rings. The number of rotatable bonds is 11. The maximum atomic E-state index is 10.0. The summed E-state index contributed by atoms with van der Waals surface area (Å²) in [5, 5.41) is 10.0. The number of aliphatic hydroxyl groups is 1. The monoisotopic (exact) mass is 294 g/mol. The quantitative estimate of drug-likeness (QED) is 0.424. The molecule has 0 aromatic heterocycles. The first-order valence-electron chi connectivity index (χ1n) is 8.10. The van der Waals surface area contributed by atoms with Crippen LogP contribution in [-0.4, -0.2) is 17.0 Å². The summed E-state index contributed by atoms with van der Waals surface area (Å²) in [6.45, 7) is 4.38. The predicted octanol–water partition coefficient (Wildman–Crippen LogP) is 5.59. The van der Waals surface area contributed by atoms with Gasteiger partial charge in [-0.05, 0) is 25.0 Å². The van der Waals surface area contributed by atoms with Crippen molar-refractivity contribution in [2.75, 3.05) is 5.75 Å². The molecular formula is C18H30OS. The van der Waals surface area contributed by atoms with Crippen LogP contribution in [0.4, 0.5) is 0 Å². The summed E-state index contributed by atoms with van der Waals surface area (Å²) in [6.07, 6.45) is 9.99. The molecule has 20 heavy (non-hydrogen) atoms. The Balaban J connectivity index is 2.03. The number of unbranched alkanes of at least 4 members (excludes halogenated alkanes) is 6. The first kappa shape index (κ1) is 17.6. The molecule has 0 saturated heterocycles. The van der Waals surface area contributed by atoms with Gasteiger partial charge in [0.15, 0.2) is 0 Å². The molecule has 0 aliphatic rings.